The van der Waals surface area contributed by atoms with E-state index in [0.717, 1.165) is 23.3 Å². The third-order valence-electron chi connectivity index (χ3n) is 5.25. The molecule has 36 heavy (non-hydrogen) atoms. The van der Waals surface area contributed by atoms with Gasteiger partial charge in [-0.2, -0.15) is 0 Å². The standard InChI is InChI=1S/C29H34ClNO5/c1-29(2,3)36-28(33)31-23(19-32)12-7-11-22-15-16-26(18-27(22)30)35-25-14-8-13-24(17-25)34-20-21-9-5-4-6-10-21/h4-6,8-10,13-18,23,32H,7,11-12,19-20H2,1-3H3,(H,31,33). The molecule has 0 radical (unpaired) electrons. The maximum Gasteiger partial charge on any atom is 0.407 e. The summed E-state index contributed by atoms with van der Waals surface area (Å²) in [4.78, 5) is 11.9. The Labute approximate surface area is 218 Å². The Morgan fingerprint density at radius 2 is 1.69 bits per heavy atom. The molecule has 0 heterocycles. The summed E-state index contributed by atoms with van der Waals surface area (Å²) in [6.07, 6.45) is 1.51. The lowest BCUT2D eigenvalue weighted by molar-refractivity contribution is 0.0478. The van der Waals surface area contributed by atoms with Gasteiger partial charge >= 0.3 is 6.09 Å². The van der Waals surface area contributed by atoms with E-state index in [-0.39, 0.29) is 12.6 Å². The van der Waals surface area contributed by atoms with Gasteiger partial charge in [0, 0.05) is 11.1 Å². The van der Waals surface area contributed by atoms with Crippen LogP contribution in [0.3, 0.4) is 0 Å². The first-order valence-corrected chi connectivity index (χ1v) is 12.4. The molecule has 0 saturated carbocycles. The molecule has 192 valence electrons. The summed E-state index contributed by atoms with van der Waals surface area (Å²) in [5.74, 6) is 2.00. The number of aryl methyl sites for hydroxylation is 1. The fourth-order valence-electron chi connectivity index (χ4n) is 3.52. The molecule has 3 aromatic carbocycles. The maximum atomic E-state index is 11.9. The number of ether oxygens (including phenoxy) is 3. The number of amides is 1. The van der Waals surface area contributed by atoms with Crippen molar-refractivity contribution in [2.75, 3.05) is 6.61 Å². The number of halogens is 1. The van der Waals surface area contributed by atoms with E-state index in [4.69, 9.17) is 25.8 Å². The largest absolute Gasteiger partial charge is 0.489 e. The quantitative estimate of drug-likeness (QED) is 0.292. The van der Waals surface area contributed by atoms with Crippen molar-refractivity contribution in [3.05, 3.63) is 88.9 Å². The van der Waals surface area contributed by atoms with Crippen molar-refractivity contribution < 1.29 is 24.1 Å². The molecule has 1 atom stereocenters. The average molecular weight is 512 g/mol. The fraction of sp³-hybridized carbons (Fsp3) is 0.345. The smallest absolute Gasteiger partial charge is 0.407 e. The Balaban J connectivity index is 1.50. The number of carbonyl (C=O) groups is 1. The number of hydrogen-bond donors (Lipinski definition) is 2. The lowest BCUT2D eigenvalue weighted by Crippen LogP contribution is -2.41. The van der Waals surface area contributed by atoms with Crippen molar-refractivity contribution in [3.63, 3.8) is 0 Å². The van der Waals surface area contributed by atoms with Crippen LogP contribution in [0.2, 0.25) is 5.02 Å². The molecule has 0 aliphatic heterocycles. The molecule has 0 saturated heterocycles. The van der Waals surface area contributed by atoms with Gasteiger partial charge in [0.1, 0.15) is 29.5 Å². The average Bonchev–Trinajstić information content (AvgIpc) is 2.83. The van der Waals surface area contributed by atoms with Crippen molar-refractivity contribution in [2.45, 2.75) is 58.3 Å². The van der Waals surface area contributed by atoms with Gasteiger partial charge in [0.2, 0.25) is 0 Å². The second kappa shape index (κ2) is 13.2. The Kier molecular flexibility index (Phi) is 10.0. The number of nitrogens with one attached hydrogen (secondary N) is 1. The SMILES string of the molecule is CC(C)(C)OC(=O)NC(CO)CCCc1ccc(Oc2cccc(OCc3ccccc3)c2)cc1Cl. The molecule has 1 unspecified atom stereocenters. The molecule has 1 amide bonds. The molecule has 6 nitrogen and oxygen atoms in total. The van der Waals surface area contributed by atoms with Gasteiger partial charge in [-0.25, -0.2) is 4.79 Å². The third kappa shape index (κ3) is 9.44. The maximum absolute atomic E-state index is 11.9. The van der Waals surface area contributed by atoms with Crippen molar-refractivity contribution >= 4 is 17.7 Å². The number of aliphatic hydroxyl groups is 1. The van der Waals surface area contributed by atoms with Gasteiger partial charge in [-0.05, 0) is 75.4 Å². The molecule has 7 heteroatoms. The first-order valence-electron chi connectivity index (χ1n) is 12.1. The molecule has 0 spiro atoms. The Hall–Kier alpha value is -3.22. The van der Waals surface area contributed by atoms with E-state index < -0.39 is 11.7 Å². The van der Waals surface area contributed by atoms with Crippen LogP contribution in [0.5, 0.6) is 17.2 Å². The number of benzene rings is 3. The predicted molar refractivity (Wildman–Crippen MR) is 142 cm³/mol. The summed E-state index contributed by atoms with van der Waals surface area (Å²) in [6.45, 7) is 5.72. The van der Waals surface area contributed by atoms with Crippen molar-refractivity contribution in [3.8, 4) is 17.2 Å². The molecule has 2 N–H and O–H groups in total. The number of rotatable bonds is 11. The van der Waals surface area contributed by atoms with E-state index in [1.165, 1.54) is 0 Å². The van der Waals surface area contributed by atoms with E-state index in [0.29, 0.717) is 36.0 Å². The van der Waals surface area contributed by atoms with E-state index >= 15 is 0 Å². The van der Waals surface area contributed by atoms with Gasteiger partial charge in [-0.1, -0.05) is 54.1 Å². The molecule has 0 aromatic heterocycles. The third-order valence-corrected chi connectivity index (χ3v) is 5.61. The normalized spacial score (nSPS) is 12.0. The summed E-state index contributed by atoms with van der Waals surface area (Å²) in [6, 6.07) is 22.7. The van der Waals surface area contributed by atoms with Crippen LogP contribution in [0.1, 0.15) is 44.7 Å². The minimum atomic E-state index is -0.585. The molecular weight excluding hydrogens is 478 g/mol. The topological polar surface area (TPSA) is 77.0 Å². The summed E-state index contributed by atoms with van der Waals surface area (Å²) >= 11 is 6.51. The first kappa shape index (κ1) is 27.4. The van der Waals surface area contributed by atoms with Crippen LogP contribution >= 0.6 is 11.6 Å². The first-order chi connectivity index (χ1) is 17.2. The van der Waals surface area contributed by atoms with Crippen molar-refractivity contribution in [1.29, 1.82) is 0 Å². The van der Waals surface area contributed by atoms with E-state index in [1.807, 2.05) is 66.7 Å². The van der Waals surface area contributed by atoms with Crippen LogP contribution in [0.25, 0.3) is 0 Å². The monoisotopic (exact) mass is 511 g/mol. The molecule has 0 aliphatic carbocycles. The molecule has 0 aliphatic rings. The van der Waals surface area contributed by atoms with Crippen LogP contribution in [0, 0.1) is 0 Å². The zero-order valence-corrected chi connectivity index (χ0v) is 21.8. The highest BCUT2D eigenvalue weighted by molar-refractivity contribution is 6.31. The number of aliphatic hydroxyl groups excluding tert-OH is 1. The molecule has 0 fully saturated rings. The van der Waals surface area contributed by atoms with Gasteiger partial charge in [0.05, 0.1) is 12.6 Å². The fourth-order valence-corrected chi connectivity index (χ4v) is 3.79. The number of alkyl carbamates (subject to hydrolysis) is 1. The number of carbonyl (C=O) groups excluding carboxylic acids is 1. The second-order valence-corrected chi connectivity index (χ2v) is 9.93. The lowest BCUT2D eigenvalue weighted by Gasteiger charge is -2.22. The van der Waals surface area contributed by atoms with Crippen molar-refractivity contribution in [2.24, 2.45) is 0 Å². The Morgan fingerprint density at radius 1 is 0.972 bits per heavy atom. The van der Waals surface area contributed by atoms with E-state index in [9.17, 15) is 9.90 Å². The summed E-state index contributed by atoms with van der Waals surface area (Å²) in [5.41, 5.74) is 1.48. The van der Waals surface area contributed by atoms with Gasteiger partial charge in [-0.15, -0.1) is 0 Å². The van der Waals surface area contributed by atoms with Crippen LogP contribution in [0.4, 0.5) is 4.79 Å². The molecular formula is C29H34ClNO5. The second-order valence-electron chi connectivity index (χ2n) is 9.52. The zero-order chi connectivity index (χ0) is 26.0. The summed E-state index contributed by atoms with van der Waals surface area (Å²) in [5, 5.41) is 12.9. The van der Waals surface area contributed by atoms with Crippen LogP contribution < -0.4 is 14.8 Å². The minimum Gasteiger partial charge on any atom is -0.489 e. The van der Waals surface area contributed by atoms with Crippen LogP contribution in [-0.2, 0) is 17.8 Å². The van der Waals surface area contributed by atoms with Gasteiger partial charge < -0.3 is 24.6 Å². The number of hydrogen-bond acceptors (Lipinski definition) is 5. The van der Waals surface area contributed by atoms with Gasteiger partial charge in [0.25, 0.3) is 0 Å². The van der Waals surface area contributed by atoms with Crippen molar-refractivity contribution in [1.82, 2.24) is 5.32 Å². The molecule has 0 bridgehead atoms. The summed E-state index contributed by atoms with van der Waals surface area (Å²) in [7, 11) is 0. The molecule has 3 rings (SSSR count). The minimum absolute atomic E-state index is 0.159. The highest BCUT2D eigenvalue weighted by Crippen LogP contribution is 2.30. The predicted octanol–water partition coefficient (Wildman–Crippen LogP) is 6.92. The van der Waals surface area contributed by atoms with Crippen LogP contribution in [0.15, 0.2) is 72.8 Å². The van der Waals surface area contributed by atoms with E-state index in [1.54, 1.807) is 26.8 Å². The Morgan fingerprint density at radius 3 is 2.39 bits per heavy atom. The lowest BCUT2D eigenvalue weighted by atomic mass is 10.0. The van der Waals surface area contributed by atoms with Crippen LogP contribution in [-0.4, -0.2) is 29.4 Å². The Bertz CT molecular complexity index is 1110. The van der Waals surface area contributed by atoms with E-state index in [2.05, 4.69) is 5.32 Å². The highest BCUT2D eigenvalue weighted by Gasteiger charge is 2.19. The summed E-state index contributed by atoms with van der Waals surface area (Å²) < 4.78 is 17.1. The molecule has 3 aromatic rings. The van der Waals surface area contributed by atoms with Gasteiger partial charge in [-0.3, -0.25) is 0 Å². The highest BCUT2D eigenvalue weighted by atomic mass is 35.5. The van der Waals surface area contributed by atoms with Gasteiger partial charge in [0.15, 0.2) is 0 Å². The zero-order valence-electron chi connectivity index (χ0n) is 21.0.